The van der Waals surface area contributed by atoms with E-state index < -0.39 is 0 Å². The Labute approximate surface area is 234 Å². The second kappa shape index (κ2) is 14.9. The van der Waals surface area contributed by atoms with Crippen LogP contribution in [0.4, 0.5) is 10.5 Å². The van der Waals surface area contributed by atoms with Crippen LogP contribution < -0.4 is 30.3 Å². The summed E-state index contributed by atoms with van der Waals surface area (Å²) in [4.78, 5) is 27.9. The first-order valence-corrected chi connectivity index (χ1v) is 13.9. The van der Waals surface area contributed by atoms with Crippen molar-refractivity contribution in [2.45, 2.75) is 70.3 Å². The van der Waals surface area contributed by atoms with E-state index >= 15 is 0 Å². The molecule has 1 aromatic heterocycles. The predicted molar refractivity (Wildman–Crippen MR) is 152 cm³/mol. The van der Waals surface area contributed by atoms with Gasteiger partial charge in [0.15, 0.2) is 11.5 Å². The van der Waals surface area contributed by atoms with Crippen molar-refractivity contribution >= 4 is 28.5 Å². The van der Waals surface area contributed by atoms with Crippen LogP contribution in [0, 0.1) is 0 Å². The van der Waals surface area contributed by atoms with Gasteiger partial charge in [-0.05, 0) is 62.1 Å². The van der Waals surface area contributed by atoms with Gasteiger partial charge >= 0.3 is 6.03 Å². The number of nitrogens with one attached hydrogen (secondary N) is 3. The Morgan fingerprint density at radius 1 is 0.950 bits per heavy atom. The number of ether oxygens (including phenoxy) is 3. The van der Waals surface area contributed by atoms with Crippen molar-refractivity contribution in [2.24, 2.45) is 0 Å². The van der Waals surface area contributed by atoms with Gasteiger partial charge in [-0.1, -0.05) is 32.1 Å². The zero-order valence-electron chi connectivity index (χ0n) is 22.9. The quantitative estimate of drug-likeness (QED) is 0.111. The van der Waals surface area contributed by atoms with Crippen LogP contribution in [-0.4, -0.2) is 41.9 Å². The largest absolute Gasteiger partial charge is 0.493 e. The number of pyridine rings is 1. The highest BCUT2D eigenvalue weighted by molar-refractivity contribution is 5.90. The van der Waals surface area contributed by atoms with Crippen molar-refractivity contribution in [1.82, 2.24) is 15.8 Å². The van der Waals surface area contributed by atoms with Gasteiger partial charge in [0.1, 0.15) is 11.5 Å². The number of carbonyl (C=O) groups is 2. The van der Waals surface area contributed by atoms with Crippen LogP contribution in [0.15, 0.2) is 48.7 Å². The number of benzene rings is 2. The highest BCUT2D eigenvalue weighted by atomic mass is 16.5. The Bertz CT molecular complexity index is 1260. The highest BCUT2D eigenvalue weighted by Crippen LogP contribution is 2.37. The van der Waals surface area contributed by atoms with Gasteiger partial charge in [-0.2, -0.15) is 0 Å². The summed E-state index contributed by atoms with van der Waals surface area (Å²) in [5.41, 5.74) is 3.05. The minimum atomic E-state index is -0.365. The SMILES string of the molecule is COc1cc2c(Oc3ccc(NC(=O)NC4CCCCC4)cc3)ccnc2cc1OCCCCCCC(=O)NO. The summed E-state index contributed by atoms with van der Waals surface area (Å²) in [5, 5.41) is 15.3. The number of fused-ring (bicyclic) bond motifs is 1. The summed E-state index contributed by atoms with van der Waals surface area (Å²) in [6.07, 6.45) is 11.0. The van der Waals surface area contributed by atoms with Crippen LogP contribution >= 0.6 is 0 Å². The number of urea groups is 1. The average molecular weight is 551 g/mol. The number of anilines is 1. The molecule has 0 unspecified atom stereocenters. The molecule has 1 saturated carbocycles. The number of unbranched alkanes of at least 4 members (excludes halogenated alkanes) is 3. The lowest BCUT2D eigenvalue weighted by molar-refractivity contribution is -0.129. The van der Waals surface area contributed by atoms with Crippen LogP contribution in [-0.2, 0) is 4.79 Å². The minimum Gasteiger partial charge on any atom is -0.493 e. The van der Waals surface area contributed by atoms with E-state index in [0.29, 0.717) is 53.7 Å². The highest BCUT2D eigenvalue weighted by Gasteiger charge is 2.16. The molecule has 40 heavy (non-hydrogen) atoms. The molecule has 10 heteroatoms. The molecule has 1 heterocycles. The first kappa shape index (κ1) is 28.9. The number of hydroxylamine groups is 1. The number of hydrogen-bond donors (Lipinski definition) is 4. The van der Waals surface area contributed by atoms with Gasteiger partial charge in [-0.15, -0.1) is 0 Å². The summed E-state index contributed by atoms with van der Waals surface area (Å²) in [6.45, 7) is 0.503. The van der Waals surface area contributed by atoms with Gasteiger partial charge in [0.2, 0.25) is 5.91 Å². The maximum Gasteiger partial charge on any atom is 0.319 e. The molecule has 4 N–H and O–H groups in total. The molecule has 0 radical (unpaired) electrons. The van der Waals surface area contributed by atoms with Crippen LogP contribution in [0.1, 0.15) is 64.2 Å². The Balaban J connectivity index is 1.33. The maximum absolute atomic E-state index is 12.3. The molecule has 1 aliphatic carbocycles. The first-order chi connectivity index (χ1) is 19.6. The molecule has 3 aromatic rings. The molecule has 0 atom stereocenters. The first-order valence-electron chi connectivity index (χ1n) is 13.9. The van der Waals surface area contributed by atoms with Crippen molar-refractivity contribution in [3.05, 3.63) is 48.7 Å². The van der Waals surface area contributed by atoms with Gasteiger partial charge < -0.3 is 24.8 Å². The van der Waals surface area contributed by atoms with E-state index in [-0.39, 0.29) is 18.0 Å². The van der Waals surface area contributed by atoms with Crippen molar-refractivity contribution < 1.29 is 29.0 Å². The Morgan fingerprint density at radius 2 is 1.73 bits per heavy atom. The molecule has 4 rings (SSSR count). The van der Waals surface area contributed by atoms with Crippen LogP contribution in [0.3, 0.4) is 0 Å². The molecular weight excluding hydrogens is 512 g/mol. The molecule has 2 aromatic carbocycles. The van der Waals surface area contributed by atoms with Gasteiger partial charge in [0.05, 0.1) is 19.2 Å². The monoisotopic (exact) mass is 550 g/mol. The number of rotatable bonds is 13. The van der Waals surface area contributed by atoms with Crippen LogP contribution in [0.2, 0.25) is 0 Å². The van der Waals surface area contributed by atoms with E-state index in [1.165, 1.54) is 6.42 Å². The smallest absolute Gasteiger partial charge is 0.319 e. The maximum atomic E-state index is 12.3. The van der Waals surface area contributed by atoms with E-state index in [1.807, 2.05) is 36.4 Å². The summed E-state index contributed by atoms with van der Waals surface area (Å²) >= 11 is 0. The number of methoxy groups -OCH3 is 1. The molecule has 10 nitrogen and oxygen atoms in total. The zero-order chi connectivity index (χ0) is 28.2. The lowest BCUT2D eigenvalue weighted by Gasteiger charge is -2.22. The van der Waals surface area contributed by atoms with E-state index in [4.69, 9.17) is 19.4 Å². The second-order valence-corrected chi connectivity index (χ2v) is 9.94. The van der Waals surface area contributed by atoms with Gasteiger partial charge in [-0.3, -0.25) is 15.0 Å². The second-order valence-electron chi connectivity index (χ2n) is 9.94. The Hall–Kier alpha value is -4.05. The molecule has 0 aliphatic heterocycles. The van der Waals surface area contributed by atoms with Gasteiger partial charge in [0, 0.05) is 35.8 Å². The van der Waals surface area contributed by atoms with E-state index in [1.54, 1.807) is 24.9 Å². The van der Waals surface area contributed by atoms with Crippen LogP contribution in [0.5, 0.6) is 23.0 Å². The number of aromatic nitrogens is 1. The fourth-order valence-corrected chi connectivity index (χ4v) is 4.80. The van der Waals surface area contributed by atoms with Gasteiger partial charge in [0.25, 0.3) is 0 Å². The summed E-state index contributed by atoms with van der Waals surface area (Å²) in [5.74, 6) is 2.06. The molecule has 0 saturated heterocycles. The number of nitrogens with zero attached hydrogens (tertiary/aromatic N) is 1. The normalized spacial score (nSPS) is 13.4. The number of carbonyl (C=O) groups excluding carboxylic acids is 2. The van der Waals surface area contributed by atoms with Crippen molar-refractivity contribution in [3.63, 3.8) is 0 Å². The third kappa shape index (κ3) is 8.47. The lowest BCUT2D eigenvalue weighted by Crippen LogP contribution is -2.38. The van der Waals surface area contributed by atoms with E-state index in [9.17, 15) is 9.59 Å². The minimum absolute atomic E-state index is 0.182. The molecule has 214 valence electrons. The lowest BCUT2D eigenvalue weighted by atomic mass is 9.96. The van der Waals surface area contributed by atoms with Crippen LogP contribution in [0.25, 0.3) is 10.9 Å². The third-order valence-electron chi connectivity index (χ3n) is 6.95. The Kier molecular flexibility index (Phi) is 10.8. The summed E-state index contributed by atoms with van der Waals surface area (Å²) < 4.78 is 17.7. The van der Waals surface area contributed by atoms with Crippen molar-refractivity contribution in [3.8, 4) is 23.0 Å². The fraction of sp³-hybridized carbons (Fsp3) is 0.433. The fourth-order valence-electron chi connectivity index (χ4n) is 4.80. The van der Waals surface area contributed by atoms with E-state index in [0.717, 1.165) is 50.3 Å². The average Bonchev–Trinajstić information content (AvgIpc) is 2.97. The molecule has 0 spiro atoms. The molecule has 3 amide bonds. The van der Waals surface area contributed by atoms with E-state index in [2.05, 4.69) is 15.6 Å². The zero-order valence-corrected chi connectivity index (χ0v) is 22.9. The Morgan fingerprint density at radius 3 is 2.48 bits per heavy atom. The molecule has 1 aliphatic rings. The number of hydrogen-bond acceptors (Lipinski definition) is 7. The summed E-state index contributed by atoms with van der Waals surface area (Å²) in [6, 6.07) is 12.8. The van der Waals surface area contributed by atoms with Crippen molar-refractivity contribution in [2.75, 3.05) is 19.0 Å². The topological polar surface area (TPSA) is 131 Å². The molecule has 1 fully saturated rings. The predicted octanol–water partition coefficient (Wildman–Crippen LogP) is 6.32. The summed E-state index contributed by atoms with van der Waals surface area (Å²) in [7, 11) is 1.59. The number of amides is 3. The molecule has 0 bridgehead atoms. The van der Waals surface area contributed by atoms with Crippen molar-refractivity contribution in [1.29, 1.82) is 0 Å². The molecular formula is C30H38N4O6. The third-order valence-corrected chi connectivity index (χ3v) is 6.95. The standard InChI is InChI=1S/C30H38N4O6/c1-38-27-19-24-25(20-28(27)39-18-8-3-2-7-11-29(35)34-37)31-17-16-26(24)40-23-14-12-22(13-15-23)33-30(36)32-21-9-5-4-6-10-21/h12-17,19-21,37H,2-11,18H2,1H3,(H,34,35)(H2,32,33,36). The van der Waals surface area contributed by atoms with Gasteiger partial charge in [-0.25, -0.2) is 10.3 Å².